The summed E-state index contributed by atoms with van der Waals surface area (Å²) in [6, 6.07) is 15.9. The number of pyridine rings is 2. The van der Waals surface area contributed by atoms with Crippen molar-refractivity contribution in [2.24, 2.45) is 0 Å². The van der Waals surface area contributed by atoms with E-state index in [0.717, 1.165) is 84.6 Å². The molecule has 2 N–H and O–H groups in total. The molecule has 0 amide bonds. The third-order valence-electron chi connectivity index (χ3n) is 8.69. The number of methoxy groups -OCH3 is 2. The molecule has 2 aromatic carbocycles. The molecule has 2 aromatic heterocycles. The summed E-state index contributed by atoms with van der Waals surface area (Å²) >= 11 is 14.2. The van der Waals surface area contributed by atoms with Gasteiger partial charge in [-0.2, -0.15) is 0 Å². The molecule has 6 rings (SSSR count). The number of aliphatic hydroxyl groups excluding tert-OH is 1. The number of fused-ring (bicyclic) bond motifs is 1. The van der Waals surface area contributed by atoms with E-state index in [9.17, 15) is 5.11 Å². The molecule has 2 atom stereocenters. The van der Waals surface area contributed by atoms with E-state index >= 15 is 0 Å². The molecule has 1 saturated heterocycles. The zero-order chi connectivity index (χ0) is 32.2. The maximum absolute atomic E-state index is 9.90. The molecular weight excluding hydrogens is 623 g/mol. The predicted molar refractivity (Wildman–Crippen MR) is 183 cm³/mol. The van der Waals surface area contributed by atoms with E-state index in [1.165, 1.54) is 5.56 Å². The Kier molecular flexibility index (Phi) is 10.4. The molecule has 2 aliphatic heterocycles. The summed E-state index contributed by atoms with van der Waals surface area (Å²) in [5, 5.41) is 14.4. The molecule has 4 heterocycles. The van der Waals surface area contributed by atoms with E-state index in [2.05, 4.69) is 21.3 Å². The molecule has 10 heteroatoms. The number of nitrogens with zero attached hydrogens (tertiary/aromatic N) is 3. The van der Waals surface area contributed by atoms with Gasteiger partial charge in [0.2, 0.25) is 5.88 Å². The molecule has 1 fully saturated rings. The van der Waals surface area contributed by atoms with Gasteiger partial charge in [-0.05, 0) is 56.0 Å². The van der Waals surface area contributed by atoms with Crippen molar-refractivity contribution in [3.63, 3.8) is 0 Å². The van der Waals surface area contributed by atoms with Gasteiger partial charge in [-0.3, -0.25) is 9.88 Å². The smallest absolute Gasteiger partial charge is 0.218 e. The van der Waals surface area contributed by atoms with Crippen molar-refractivity contribution in [2.45, 2.75) is 51.5 Å². The van der Waals surface area contributed by atoms with Gasteiger partial charge in [0.1, 0.15) is 5.75 Å². The quantitative estimate of drug-likeness (QED) is 0.181. The van der Waals surface area contributed by atoms with Crippen LogP contribution in [0.1, 0.15) is 36.5 Å². The molecular formula is C36H40Cl2N4O4. The van der Waals surface area contributed by atoms with Crippen molar-refractivity contribution in [3.05, 3.63) is 81.5 Å². The van der Waals surface area contributed by atoms with Crippen LogP contribution in [0.3, 0.4) is 0 Å². The lowest BCUT2D eigenvalue weighted by molar-refractivity contribution is 0.110. The van der Waals surface area contributed by atoms with Gasteiger partial charge in [-0.15, -0.1) is 0 Å². The lowest BCUT2D eigenvalue weighted by Crippen LogP contribution is -2.35. The molecule has 242 valence electrons. The highest BCUT2D eigenvalue weighted by Gasteiger charge is 2.24. The minimum Gasteiger partial charge on any atom is -0.496 e. The van der Waals surface area contributed by atoms with E-state index in [0.29, 0.717) is 40.4 Å². The highest BCUT2D eigenvalue weighted by molar-refractivity contribution is 6.39. The van der Waals surface area contributed by atoms with Crippen LogP contribution in [0, 0.1) is 0 Å². The van der Waals surface area contributed by atoms with Crippen LogP contribution < -0.4 is 14.8 Å². The number of rotatable bonds is 11. The van der Waals surface area contributed by atoms with Crippen molar-refractivity contribution in [3.8, 4) is 45.3 Å². The van der Waals surface area contributed by atoms with Crippen molar-refractivity contribution in [2.75, 3.05) is 40.5 Å². The number of ether oxygens (including phenoxy) is 3. The first kappa shape index (κ1) is 32.7. The van der Waals surface area contributed by atoms with Gasteiger partial charge in [0.05, 0.1) is 47.9 Å². The lowest BCUT2D eigenvalue weighted by Gasteiger charge is -2.31. The predicted octanol–water partition coefficient (Wildman–Crippen LogP) is 6.81. The Morgan fingerprint density at radius 3 is 2.65 bits per heavy atom. The zero-order valence-corrected chi connectivity index (χ0v) is 28.0. The summed E-state index contributed by atoms with van der Waals surface area (Å²) in [6.07, 6.45) is 4.69. The normalized spacial score (nSPS) is 17.1. The third kappa shape index (κ3) is 7.03. The molecule has 0 bridgehead atoms. The molecule has 8 nitrogen and oxygen atoms in total. The number of hydrogen-bond acceptors (Lipinski definition) is 8. The Bertz CT molecular complexity index is 1680. The molecule has 4 aromatic rings. The highest BCUT2D eigenvalue weighted by atomic mass is 35.5. The third-order valence-corrected chi connectivity index (χ3v) is 9.48. The van der Waals surface area contributed by atoms with Crippen LogP contribution in [0.4, 0.5) is 0 Å². The van der Waals surface area contributed by atoms with Crippen LogP contribution >= 0.6 is 23.2 Å². The molecule has 0 saturated carbocycles. The number of nitrogens with one attached hydrogen (secondary N) is 1. The number of aliphatic hydroxyl groups is 1. The zero-order valence-electron chi connectivity index (χ0n) is 26.5. The lowest BCUT2D eigenvalue weighted by atomic mass is 9.93. The van der Waals surface area contributed by atoms with Gasteiger partial charge in [0, 0.05) is 78.9 Å². The number of hydrogen-bond donors (Lipinski definition) is 2. The first-order valence-corrected chi connectivity index (χ1v) is 16.5. The molecule has 0 radical (unpaired) electrons. The van der Waals surface area contributed by atoms with Gasteiger partial charge in [0.15, 0.2) is 0 Å². The van der Waals surface area contributed by atoms with Gasteiger partial charge >= 0.3 is 0 Å². The van der Waals surface area contributed by atoms with Crippen LogP contribution in [0.2, 0.25) is 10.0 Å². The molecule has 2 aliphatic rings. The van der Waals surface area contributed by atoms with Gasteiger partial charge in [-0.1, -0.05) is 47.5 Å². The summed E-state index contributed by atoms with van der Waals surface area (Å²) in [5.41, 5.74) is 7.90. The van der Waals surface area contributed by atoms with Crippen molar-refractivity contribution >= 4 is 23.2 Å². The van der Waals surface area contributed by atoms with E-state index in [1.54, 1.807) is 20.4 Å². The SMILES string of the molecule is COc1cc(-c2nccc(-c3cccc(-c4ccc(CNC[C@@H]5CCCO5)c(OC)n4)c3Cl)c2Cl)cc2c1CN(CC(C)O)CC2. The second-order valence-electron chi connectivity index (χ2n) is 12.0. The second kappa shape index (κ2) is 14.7. The fourth-order valence-electron chi connectivity index (χ4n) is 6.43. The summed E-state index contributed by atoms with van der Waals surface area (Å²) in [4.78, 5) is 11.8. The minimum atomic E-state index is -0.385. The summed E-state index contributed by atoms with van der Waals surface area (Å²) in [7, 11) is 3.31. The fourth-order valence-corrected chi connectivity index (χ4v) is 7.08. The number of halogens is 2. The first-order valence-electron chi connectivity index (χ1n) is 15.8. The fraction of sp³-hybridized carbons (Fsp3) is 0.389. The minimum absolute atomic E-state index is 0.266. The second-order valence-corrected chi connectivity index (χ2v) is 12.7. The van der Waals surface area contributed by atoms with Crippen molar-refractivity contribution in [1.29, 1.82) is 0 Å². The maximum atomic E-state index is 9.90. The van der Waals surface area contributed by atoms with Crippen LogP contribution in [0.25, 0.3) is 33.6 Å². The highest BCUT2D eigenvalue weighted by Crippen LogP contribution is 2.43. The Hall–Kier alpha value is -3.24. The van der Waals surface area contributed by atoms with Gasteiger partial charge in [-0.25, -0.2) is 4.98 Å². The maximum Gasteiger partial charge on any atom is 0.218 e. The van der Waals surface area contributed by atoms with Crippen LogP contribution in [-0.2, 0) is 24.2 Å². The van der Waals surface area contributed by atoms with Crippen LogP contribution in [0.15, 0.2) is 54.7 Å². The summed E-state index contributed by atoms with van der Waals surface area (Å²) < 4.78 is 17.2. The van der Waals surface area contributed by atoms with E-state index in [4.69, 9.17) is 42.4 Å². The van der Waals surface area contributed by atoms with E-state index in [1.807, 2.05) is 49.4 Å². The van der Waals surface area contributed by atoms with Gasteiger partial charge in [0.25, 0.3) is 0 Å². The van der Waals surface area contributed by atoms with Crippen LogP contribution in [-0.4, -0.2) is 72.6 Å². The average Bonchev–Trinajstić information content (AvgIpc) is 3.58. The largest absolute Gasteiger partial charge is 0.496 e. The molecule has 1 unspecified atom stereocenters. The molecule has 0 spiro atoms. The molecule has 0 aliphatic carbocycles. The molecule has 46 heavy (non-hydrogen) atoms. The van der Waals surface area contributed by atoms with Crippen LogP contribution in [0.5, 0.6) is 11.6 Å². The van der Waals surface area contributed by atoms with Gasteiger partial charge < -0.3 is 24.6 Å². The Labute approximate surface area is 280 Å². The van der Waals surface area contributed by atoms with Crippen molar-refractivity contribution < 1.29 is 19.3 Å². The standard InChI is InChI=1S/C36H40Cl2N4O4/c1-22(43)20-42-14-12-23-16-25(17-32(44-2)30(23)21-42)35-34(38)28(11-13-40-35)27-7-4-8-29(33(27)37)31-10-9-24(36(41-31)45-3)18-39-19-26-6-5-15-46-26/h4,7-11,13,16-17,22,26,39,43H,5-6,12,14-15,18-21H2,1-3H3/t22?,26-/m0/s1. The topological polar surface area (TPSA) is 89.0 Å². The number of benzene rings is 2. The number of aromatic nitrogens is 2. The summed E-state index contributed by atoms with van der Waals surface area (Å²) in [5.74, 6) is 1.34. The van der Waals surface area contributed by atoms with E-state index in [-0.39, 0.29) is 12.2 Å². The van der Waals surface area contributed by atoms with Crippen molar-refractivity contribution in [1.82, 2.24) is 20.2 Å². The monoisotopic (exact) mass is 662 g/mol. The number of β-amino-alcohol motifs (C(OH)–C–C–N with tert-alkyl or cyclic N) is 1. The Morgan fingerprint density at radius 1 is 1.07 bits per heavy atom. The van der Waals surface area contributed by atoms with E-state index < -0.39 is 0 Å². The average molecular weight is 664 g/mol. The summed E-state index contributed by atoms with van der Waals surface area (Å²) in [6.45, 7) is 6.29. The Balaban J connectivity index is 1.28. The Morgan fingerprint density at radius 2 is 1.89 bits per heavy atom. The first-order chi connectivity index (χ1) is 22.4.